The molecule has 0 atom stereocenters. The molecular weight excluding hydrogens is 339 g/mol. The molecule has 1 heterocycles. The predicted molar refractivity (Wildman–Crippen MR) is 90.0 cm³/mol. The quantitative estimate of drug-likeness (QED) is 0.383. The van der Waals surface area contributed by atoms with Crippen LogP contribution in [0.1, 0.15) is 15.9 Å². The number of aromatic nitrogens is 2. The number of rotatable bonds is 3. The normalized spacial score (nSPS) is 11.2. The Morgan fingerprint density at radius 2 is 2.04 bits per heavy atom. The number of imidazole rings is 1. The standard InChI is InChI=1S/C15H10ClFN4OS/c16-10-2-1-3-11(17)9(10)7-18-21-14(22)8-4-5-12-13(6-8)20-15(23)19-12/h1-7H,(H,21,22)(H2,19,20,23)/b18-7-. The van der Waals surface area contributed by atoms with E-state index < -0.39 is 11.7 Å². The van der Waals surface area contributed by atoms with Gasteiger partial charge >= 0.3 is 0 Å². The monoisotopic (exact) mass is 348 g/mol. The highest BCUT2D eigenvalue weighted by Crippen LogP contribution is 2.16. The number of benzene rings is 2. The number of fused-ring (bicyclic) bond motifs is 1. The zero-order valence-corrected chi connectivity index (χ0v) is 13.1. The van der Waals surface area contributed by atoms with Crippen molar-refractivity contribution in [2.45, 2.75) is 0 Å². The van der Waals surface area contributed by atoms with Crippen molar-refractivity contribution in [3.63, 3.8) is 0 Å². The van der Waals surface area contributed by atoms with Gasteiger partial charge in [0.2, 0.25) is 0 Å². The highest BCUT2D eigenvalue weighted by molar-refractivity contribution is 7.71. The summed E-state index contributed by atoms with van der Waals surface area (Å²) in [6, 6.07) is 9.29. The highest BCUT2D eigenvalue weighted by atomic mass is 35.5. The maximum absolute atomic E-state index is 13.6. The summed E-state index contributed by atoms with van der Waals surface area (Å²) < 4.78 is 14.0. The second kappa shape index (κ2) is 6.31. The molecule has 0 unspecified atom stereocenters. The Labute approximate surface area is 140 Å². The van der Waals surface area contributed by atoms with Crippen LogP contribution in [-0.2, 0) is 0 Å². The Morgan fingerprint density at radius 3 is 2.83 bits per heavy atom. The second-order valence-corrected chi connectivity index (χ2v) is 5.49. The minimum absolute atomic E-state index is 0.111. The molecule has 0 saturated heterocycles. The van der Waals surface area contributed by atoms with E-state index >= 15 is 0 Å². The van der Waals surface area contributed by atoms with Gasteiger partial charge in [0.1, 0.15) is 5.82 Å². The Balaban J connectivity index is 1.78. The molecule has 1 amide bonds. The first kappa shape index (κ1) is 15.4. The zero-order valence-electron chi connectivity index (χ0n) is 11.6. The SMILES string of the molecule is O=C(N/N=C\c1c(F)cccc1Cl)c1ccc2[nH]c(=S)[nH]c2c1. The van der Waals surface area contributed by atoms with Crippen LogP contribution in [0.4, 0.5) is 4.39 Å². The van der Waals surface area contributed by atoms with Crippen LogP contribution in [0, 0.1) is 10.6 Å². The Hall–Kier alpha value is -2.51. The minimum atomic E-state index is -0.517. The van der Waals surface area contributed by atoms with Crippen LogP contribution >= 0.6 is 23.8 Å². The van der Waals surface area contributed by atoms with E-state index in [1.165, 1.54) is 18.2 Å². The van der Waals surface area contributed by atoms with E-state index in [0.29, 0.717) is 15.9 Å². The van der Waals surface area contributed by atoms with Crippen LogP contribution in [0.2, 0.25) is 5.02 Å². The summed E-state index contributed by atoms with van der Waals surface area (Å²) in [6.45, 7) is 0. The first-order chi connectivity index (χ1) is 11.0. The maximum Gasteiger partial charge on any atom is 0.271 e. The molecule has 3 aromatic rings. The third-order valence-electron chi connectivity index (χ3n) is 3.14. The van der Waals surface area contributed by atoms with E-state index in [9.17, 15) is 9.18 Å². The molecule has 8 heteroatoms. The van der Waals surface area contributed by atoms with Crippen LogP contribution in [0.3, 0.4) is 0 Å². The first-order valence-corrected chi connectivity index (χ1v) is 7.32. The molecule has 0 fully saturated rings. The Kier molecular flexibility index (Phi) is 4.22. The van der Waals surface area contributed by atoms with Crippen molar-refractivity contribution < 1.29 is 9.18 Å². The lowest BCUT2D eigenvalue weighted by Crippen LogP contribution is -2.17. The lowest BCUT2D eigenvalue weighted by molar-refractivity contribution is 0.0955. The van der Waals surface area contributed by atoms with Gasteiger partial charge in [0, 0.05) is 11.1 Å². The number of aromatic amines is 2. The number of carbonyl (C=O) groups excluding carboxylic acids is 1. The van der Waals surface area contributed by atoms with Crippen molar-refractivity contribution in [1.82, 2.24) is 15.4 Å². The number of hydrazone groups is 1. The highest BCUT2D eigenvalue weighted by Gasteiger charge is 2.07. The molecular formula is C15H10ClFN4OS. The van der Waals surface area contributed by atoms with Gasteiger partial charge in [-0.15, -0.1) is 0 Å². The van der Waals surface area contributed by atoms with E-state index in [0.717, 1.165) is 11.7 Å². The molecule has 3 N–H and O–H groups in total. The van der Waals surface area contributed by atoms with Gasteiger partial charge in [-0.3, -0.25) is 4.79 Å². The lowest BCUT2D eigenvalue weighted by atomic mass is 10.2. The zero-order chi connectivity index (χ0) is 16.4. The van der Waals surface area contributed by atoms with Crippen molar-refractivity contribution in [2.75, 3.05) is 0 Å². The third-order valence-corrected chi connectivity index (χ3v) is 3.67. The van der Waals surface area contributed by atoms with Gasteiger partial charge in [-0.05, 0) is 42.5 Å². The summed E-state index contributed by atoms with van der Waals surface area (Å²) in [5.74, 6) is -0.951. The molecule has 5 nitrogen and oxygen atoms in total. The van der Waals surface area contributed by atoms with Gasteiger partial charge < -0.3 is 9.97 Å². The first-order valence-electron chi connectivity index (χ1n) is 6.54. The molecule has 0 radical (unpaired) electrons. The van der Waals surface area contributed by atoms with Gasteiger partial charge in [0.05, 0.1) is 22.3 Å². The number of nitrogens with zero attached hydrogens (tertiary/aromatic N) is 1. The largest absolute Gasteiger partial charge is 0.331 e. The molecule has 0 bridgehead atoms. The van der Waals surface area contributed by atoms with Crippen LogP contribution in [-0.4, -0.2) is 22.1 Å². The molecule has 116 valence electrons. The molecule has 0 aliphatic carbocycles. The predicted octanol–water partition coefficient (Wildman–Crippen LogP) is 3.78. The van der Waals surface area contributed by atoms with Gasteiger partial charge in [0.25, 0.3) is 5.91 Å². The molecule has 23 heavy (non-hydrogen) atoms. The maximum atomic E-state index is 13.6. The summed E-state index contributed by atoms with van der Waals surface area (Å²) in [5.41, 5.74) is 4.34. The number of nitrogens with one attached hydrogen (secondary N) is 3. The fraction of sp³-hybridized carbons (Fsp3) is 0. The van der Waals surface area contributed by atoms with Crippen LogP contribution < -0.4 is 5.43 Å². The summed E-state index contributed by atoms with van der Waals surface area (Å²) in [6.07, 6.45) is 1.16. The van der Waals surface area contributed by atoms with Gasteiger partial charge in [-0.1, -0.05) is 17.7 Å². The van der Waals surface area contributed by atoms with E-state index in [2.05, 4.69) is 20.5 Å². The van der Waals surface area contributed by atoms with Gasteiger partial charge in [-0.25, -0.2) is 9.82 Å². The number of carbonyl (C=O) groups is 1. The number of hydrogen-bond acceptors (Lipinski definition) is 3. The molecule has 0 saturated carbocycles. The van der Waals surface area contributed by atoms with Crippen LogP contribution in [0.15, 0.2) is 41.5 Å². The van der Waals surface area contributed by atoms with Crippen molar-refractivity contribution in [3.8, 4) is 0 Å². The topological polar surface area (TPSA) is 73.0 Å². The molecule has 0 aliphatic rings. The summed E-state index contributed by atoms with van der Waals surface area (Å²) in [4.78, 5) is 17.9. The number of hydrogen-bond donors (Lipinski definition) is 3. The average molecular weight is 349 g/mol. The van der Waals surface area contributed by atoms with Gasteiger partial charge in [0.15, 0.2) is 4.77 Å². The second-order valence-electron chi connectivity index (χ2n) is 4.67. The van der Waals surface area contributed by atoms with Crippen LogP contribution in [0.5, 0.6) is 0 Å². The third kappa shape index (κ3) is 3.30. The average Bonchev–Trinajstić information content (AvgIpc) is 2.89. The lowest BCUT2D eigenvalue weighted by Gasteiger charge is -2.01. The number of halogens is 2. The van der Waals surface area contributed by atoms with Crippen molar-refractivity contribution in [1.29, 1.82) is 0 Å². The summed E-state index contributed by atoms with van der Waals surface area (Å²) in [5, 5.41) is 3.95. The fourth-order valence-electron chi connectivity index (χ4n) is 2.03. The van der Waals surface area contributed by atoms with Crippen molar-refractivity contribution >= 4 is 47.0 Å². The summed E-state index contributed by atoms with van der Waals surface area (Å²) in [7, 11) is 0. The Bertz CT molecular complexity index is 959. The Morgan fingerprint density at radius 1 is 1.26 bits per heavy atom. The van der Waals surface area contributed by atoms with Gasteiger partial charge in [-0.2, -0.15) is 5.10 Å². The number of H-pyrrole nitrogens is 2. The molecule has 0 spiro atoms. The molecule has 1 aromatic heterocycles. The molecule has 0 aliphatic heterocycles. The number of amides is 1. The smallest absolute Gasteiger partial charge is 0.271 e. The van der Waals surface area contributed by atoms with Crippen molar-refractivity contribution in [2.24, 2.45) is 5.10 Å². The van der Waals surface area contributed by atoms with E-state index in [-0.39, 0.29) is 10.6 Å². The van der Waals surface area contributed by atoms with E-state index in [1.54, 1.807) is 18.2 Å². The molecule has 2 aromatic carbocycles. The van der Waals surface area contributed by atoms with E-state index in [4.69, 9.17) is 23.8 Å². The fourth-order valence-corrected chi connectivity index (χ4v) is 2.46. The van der Waals surface area contributed by atoms with Crippen molar-refractivity contribution in [3.05, 3.63) is 63.1 Å². The van der Waals surface area contributed by atoms with E-state index in [1.807, 2.05) is 0 Å². The molecule has 3 rings (SSSR count). The summed E-state index contributed by atoms with van der Waals surface area (Å²) >= 11 is 10.9. The minimum Gasteiger partial charge on any atom is -0.331 e. The van der Waals surface area contributed by atoms with Crippen LogP contribution in [0.25, 0.3) is 11.0 Å².